The summed E-state index contributed by atoms with van der Waals surface area (Å²) in [5.74, 6) is -0.377. The van der Waals surface area contributed by atoms with Crippen LogP contribution in [0.2, 0.25) is 0 Å². The summed E-state index contributed by atoms with van der Waals surface area (Å²) in [4.78, 5) is 4.42. The summed E-state index contributed by atoms with van der Waals surface area (Å²) < 4.78 is 15.5. The topological polar surface area (TPSA) is 36.7 Å². The van der Waals surface area contributed by atoms with Gasteiger partial charge in [-0.1, -0.05) is 34.1 Å². The van der Waals surface area contributed by atoms with E-state index in [0.29, 0.717) is 20.6 Å². The molecule has 102 valence electrons. The maximum atomic E-state index is 13.9. The normalized spacial score (nSPS) is 11.6. The summed E-state index contributed by atoms with van der Waals surface area (Å²) in [6, 6.07) is 14.5. The molecule has 21 heavy (non-hydrogen) atoms. The first-order valence-electron chi connectivity index (χ1n) is 6.10. The maximum absolute atomic E-state index is 13.9. The van der Waals surface area contributed by atoms with Crippen molar-refractivity contribution in [3.05, 3.63) is 63.3 Å². The number of para-hydroxylation sites is 1. The van der Waals surface area contributed by atoms with Crippen LogP contribution in [0.3, 0.4) is 0 Å². The highest BCUT2D eigenvalue weighted by Gasteiger charge is 2.10. The van der Waals surface area contributed by atoms with Crippen LogP contribution in [0, 0.1) is 17.1 Å². The Hall–Kier alpha value is -2.03. The number of aromatic nitrogens is 1. The summed E-state index contributed by atoms with van der Waals surface area (Å²) >= 11 is 4.64. The zero-order chi connectivity index (χ0) is 14.8. The summed E-state index contributed by atoms with van der Waals surface area (Å²) in [6.45, 7) is 0. The fourth-order valence-corrected chi connectivity index (χ4v) is 3.17. The molecule has 0 spiro atoms. The van der Waals surface area contributed by atoms with E-state index in [4.69, 9.17) is 0 Å². The minimum Gasteiger partial charge on any atom is -0.235 e. The Morgan fingerprint density at radius 3 is 2.81 bits per heavy atom. The molecule has 1 heterocycles. The van der Waals surface area contributed by atoms with Crippen LogP contribution in [-0.2, 0) is 0 Å². The van der Waals surface area contributed by atoms with Gasteiger partial charge in [0, 0.05) is 10.0 Å². The number of hydrogen-bond donors (Lipinski definition) is 0. The Labute approximate surface area is 133 Å². The number of nitriles is 1. The van der Waals surface area contributed by atoms with Crippen molar-refractivity contribution in [2.45, 2.75) is 0 Å². The Morgan fingerprint density at radius 2 is 2.10 bits per heavy atom. The number of thiazole rings is 1. The molecule has 0 N–H and O–H groups in total. The van der Waals surface area contributed by atoms with Gasteiger partial charge in [0.2, 0.25) is 0 Å². The zero-order valence-corrected chi connectivity index (χ0v) is 13.1. The van der Waals surface area contributed by atoms with Gasteiger partial charge in [0.15, 0.2) is 0 Å². The molecule has 0 saturated heterocycles. The van der Waals surface area contributed by atoms with Gasteiger partial charge in [-0.3, -0.25) is 0 Å². The Balaban J connectivity index is 2.09. The van der Waals surface area contributed by atoms with Crippen LogP contribution in [0.25, 0.3) is 21.9 Å². The van der Waals surface area contributed by atoms with E-state index in [1.807, 2.05) is 24.3 Å². The molecular weight excluding hydrogens is 351 g/mol. The number of benzene rings is 2. The van der Waals surface area contributed by atoms with E-state index in [1.54, 1.807) is 12.1 Å². The van der Waals surface area contributed by atoms with Gasteiger partial charge < -0.3 is 0 Å². The largest absolute Gasteiger partial charge is 0.235 e. The molecule has 3 aromatic rings. The molecule has 2 nitrogen and oxygen atoms in total. The van der Waals surface area contributed by atoms with Crippen LogP contribution in [0.4, 0.5) is 4.39 Å². The highest BCUT2D eigenvalue weighted by atomic mass is 79.9. The molecule has 0 atom stereocenters. The average molecular weight is 359 g/mol. The van der Waals surface area contributed by atoms with Gasteiger partial charge in [-0.2, -0.15) is 5.26 Å². The molecule has 5 heteroatoms. The second-order valence-electron chi connectivity index (χ2n) is 4.32. The maximum Gasteiger partial charge on any atom is 0.135 e. The summed E-state index contributed by atoms with van der Waals surface area (Å²) in [5.41, 5.74) is 1.57. The SMILES string of the molecule is N#C/C(=C\c1ccc(Br)cc1F)c1nc2ccccc2s1. The summed E-state index contributed by atoms with van der Waals surface area (Å²) in [7, 11) is 0. The number of allylic oxidation sites excluding steroid dienone is 1. The van der Waals surface area contributed by atoms with Gasteiger partial charge in [-0.15, -0.1) is 11.3 Å². The van der Waals surface area contributed by atoms with E-state index in [-0.39, 0.29) is 5.82 Å². The van der Waals surface area contributed by atoms with Gasteiger partial charge in [0.05, 0.1) is 15.8 Å². The van der Waals surface area contributed by atoms with Gasteiger partial charge in [-0.05, 0) is 30.3 Å². The lowest BCUT2D eigenvalue weighted by Gasteiger charge is -1.98. The highest BCUT2D eigenvalue weighted by Crippen LogP contribution is 2.28. The first-order valence-corrected chi connectivity index (χ1v) is 7.71. The number of hydrogen-bond acceptors (Lipinski definition) is 3. The van der Waals surface area contributed by atoms with Crippen molar-refractivity contribution in [1.82, 2.24) is 4.98 Å². The molecule has 0 bridgehead atoms. The third-order valence-electron chi connectivity index (χ3n) is 2.91. The van der Waals surface area contributed by atoms with E-state index >= 15 is 0 Å². The minimum atomic E-state index is -0.377. The molecule has 2 aromatic carbocycles. The Bertz CT molecular complexity index is 860. The van der Waals surface area contributed by atoms with Crippen molar-refractivity contribution < 1.29 is 4.39 Å². The lowest BCUT2D eigenvalue weighted by molar-refractivity contribution is 0.624. The van der Waals surface area contributed by atoms with Crippen molar-refractivity contribution in [1.29, 1.82) is 5.26 Å². The first kappa shape index (κ1) is 13.9. The highest BCUT2D eigenvalue weighted by molar-refractivity contribution is 9.10. The Morgan fingerprint density at radius 1 is 1.29 bits per heavy atom. The average Bonchev–Trinajstić information content (AvgIpc) is 2.90. The number of fused-ring (bicyclic) bond motifs is 1. The van der Waals surface area contributed by atoms with Crippen molar-refractivity contribution >= 4 is 49.1 Å². The lowest BCUT2D eigenvalue weighted by Crippen LogP contribution is -1.85. The van der Waals surface area contributed by atoms with Crippen molar-refractivity contribution in [2.75, 3.05) is 0 Å². The molecule has 0 aliphatic carbocycles. The molecule has 0 amide bonds. The predicted octanol–water partition coefficient (Wildman–Crippen LogP) is 5.26. The molecule has 0 unspecified atom stereocenters. The predicted molar refractivity (Wildman–Crippen MR) is 87.2 cm³/mol. The second-order valence-corrected chi connectivity index (χ2v) is 6.27. The molecule has 0 aliphatic heterocycles. The van der Waals surface area contributed by atoms with Gasteiger partial charge in [-0.25, -0.2) is 9.37 Å². The van der Waals surface area contributed by atoms with Crippen LogP contribution in [0.1, 0.15) is 10.6 Å². The van der Waals surface area contributed by atoms with Crippen molar-refractivity contribution in [3.63, 3.8) is 0 Å². The molecule has 1 aromatic heterocycles. The fraction of sp³-hybridized carbons (Fsp3) is 0. The quantitative estimate of drug-likeness (QED) is 0.585. The zero-order valence-electron chi connectivity index (χ0n) is 10.7. The van der Waals surface area contributed by atoms with Crippen LogP contribution in [0.5, 0.6) is 0 Å². The lowest BCUT2D eigenvalue weighted by atomic mass is 10.1. The third kappa shape index (κ3) is 2.87. The molecule has 0 aliphatic rings. The van der Waals surface area contributed by atoms with E-state index in [9.17, 15) is 9.65 Å². The number of rotatable bonds is 2. The van der Waals surface area contributed by atoms with Crippen LogP contribution in [0.15, 0.2) is 46.9 Å². The molecule has 0 radical (unpaired) electrons. The van der Waals surface area contributed by atoms with Gasteiger partial charge in [0.25, 0.3) is 0 Å². The van der Waals surface area contributed by atoms with Crippen LogP contribution < -0.4 is 0 Å². The molecule has 3 rings (SSSR count). The smallest absolute Gasteiger partial charge is 0.135 e. The Kier molecular flexibility index (Phi) is 3.82. The molecular formula is C16H8BrFN2S. The number of nitrogens with zero attached hydrogens (tertiary/aromatic N) is 2. The third-order valence-corrected chi connectivity index (χ3v) is 4.47. The van der Waals surface area contributed by atoms with Crippen LogP contribution in [-0.4, -0.2) is 4.98 Å². The summed E-state index contributed by atoms with van der Waals surface area (Å²) in [5, 5.41) is 9.93. The van der Waals surface area contributed by atoms with Gasteiger partial charge >= 0.3 is 0 Å². The van der Waals surface area contributed by atoms with E-state index < -0.39 is 0 Å². The van der Waals surface area contributed by atoms with E-state index in [1.165, 1.54) is 23.5 Å². The van der Waals surface area contributed by atoms with Crippen molar-refractivity contribution in [3.8, 4) is 6.07 Å². The minimum absolute atomic E-state index is 0.359. The summed E-state index contributed by atoms with van der Waals surface area (Å²) in [6.07, 6.45) is 1.53. The molecule has 0 saturated carbocycles. The van der Waals surface area contributed by atoms with Crippen LogP contribution >= 0.6 is 27.3 Å². The monoisotopic (exact) mass is 358 g/mol. The van der Waals surface area contributed by atoms with Gasteiger partial charge in [0.1, 0.15) is 16.9 Å². The fourth-order valence-electron chi connectivity index (χ4n) is 1.90. The second kappa shape index (κ2) is 5.76. The van der Waals surface area contributed by atoms with Crippen molar-refractivity contribution in [2.24, 2.45) is 0 Å². The standard InChI is InChI=1S/C16H8BrFN2S/c17-12-6-5-10(13(18)8-12)7-11(9-19)16-20-14-3-1-2-4-15(14)21-16/h1-8H/b11-7+. The van der Waals surface area contributed by atoms with E-state index in [0.717, 1.165) is 10.2 Å². The molecule has 0 fully saturated rings. The number of halogens is 2. The van der Waals surface area contributed by atoms with E-state index in [2.05, 4.69) is 27.0 Å². The first-order chi connectivity index (χ1) is 10.2.